The first-order valence-corrected chi connectivity index (χ1v) is 7.20. The molecule has 3 aliphatic rings. The largest absolute Gasteiger partial charge is 0.469 e. The molecule has 0 atom stereocenters. The molecule has 3 aliphatic carbocycles. The molecular weight excluding hydrogens is 268 g/mol. The van der Waals surface area contributed by atoms with Crippen molar-refractivity contribution < 1.29 is 19.4 Å². The third-order valence-electron chi connectivity index (χ3n) is 4.57. The van der Waals surface area contributed by atoms with Crippen LogP contribution in [0.1, 0.15) is 24.8 Å². The molecule has 1 aromatic rings. The lowest BCUT2D eigenvalue weighted by Gasteiger charge is -2.41. The Balaban J connectivity index is 1.55. The third-order valence-corrected chi connectivity index (χ3v) is 4.57. The number of methoxy groups -OCH3 is 1. The van der Waals surface area contributed by atoms with Gasteiger partial charge in [0, 0.05) is 0 Å². The normalized spacial score (nSPS) is 32.0. The predicted octanol–water partition coefficient (Wildman–Crippen LogP) is 2.22. The van der Waals surface area contributed by atoms with E-state index in [4.69, 9.17) is 9.47 Å². The van der Waals surface area contributed by atoms with Gasteiger partial charge in [-0.15, -0.1) is 0 Å². The summed E-state index contributed by atoms with van der Waals surface area (Å²) in [5.41, 5.74) is 0.733. The summed E-state index contributed by atoms with van der Waals surface area (Å²) in [7, 11) is 1.40. The van der Waals surface area contributed by atoms with Gasteiger partial charge >= 0.3 is 5.97 Å². The molecule has 0 saturated heterocycles. The molecule has 4 nitrogen and oxygen atoms in total. The van der Waals surface area contributed by atoms with Gasteiger partial charge in [0.2, 0.25) is 0 Å². The monoisotopic (exact) mass is 288 g/mol. The van der Waals surface area contributed by atoms with Crippen LogP contribution in [0.3, 0.4) is 0 Å². The quantitative estimate of drug-likeness (QED) is 0.513. The second kappa shape index (κ2) is 5.28. The highest BCUT2D eigenvalue weighted by molar-refractivity contribution is 5.81. The van der Waals surface area contributed by atoms with Crippen molar-refractivity contribution in [2.45, 2.75) is 31.5 Å². The average Bonchev–Trinajstić information content (AvgIpc) is 2.92. The summed E-state index contributed by atoms with van der Waals surface area (Å²) in [6.07, 6.45) is 3.47. The van der Waals surface area contributed by atoms with Gasteiger partial charge < -0.3 is 14.6 Å². The molecule has 0 heterocycles. The molecule has 4 heteroatoms. The number of fused-ring (bicyclic) bond motifs is 1. The first kappa shape index (κ1) is 14.3. The van der Waals surface area contributed by atoms with Crippen LogP contribution in [0.5, 0.6) is 0 Å². The van der Waals surface area contributed by atoms with Crippen molar-refractivity contribution >= 4 is 5.97 Å². The average molecular weight is 288 g/mol. The molecule has 0 aromatic heterocycles. The van der Waals surface area contributed by atoms with Crippen molar-refractivity contribution in [1.82, 2.24) is 0 Å². The Kier molecular flexibility index (Phi) is 3.59. The first-order chi connectivity index (χ1) is 10.1. The van der Waals surface area contributed by atoms with Crippen molar-refractivity contribution in [2.75, 3.05) is 13.7 Å². The molecule has 0 radical (unpaired) electrons. The summed E-state index contributed by atoms with van der Waals surface area (Å²) >= 11 is 0. The number of benzene rings is 1. The lowest BCUT2D eigenvalue weighted by Crippen LogP contribution is -2.48. The van der Waals surface area contributed by atoms with E-state index in [0.717, 1.165) is 11.1 Å². The van der Waals surface area contributed by atoms with Crippen LogP contribution in [0.15, 0.2) is 42.0 Å². The van der Waals surface area contributed by atoms with E-state index in [1.807, 2.05) is 36.4 Å². The molecule has 0 aliphatic heterocycles. The van der Waals surface area contributed by atoms with Crippen molar-refractivity contribution in [3.63, 3.8) is 0 Å². The lowest BCUT2D eigenvalue weighted by molar-refractivity contribution is -0.166. The SMILES string of the molecule is COC(=O)C12C/C(=C\COCc3ccccc3)C(O)(C1)C2. The number of carbonyl (C=O) groups is 1. The minimum Gasteiger partial charge on any atom is -0.469 e. The van der Waals surface area contributed by atoms with E-state index < -0.39 is 11.0 Å². The number of carbonyl (C=O) groups excluding carboxylic acids is 1. The minimum atomic E-state index is -0.815. The van der Waals surface area contributed by atoms with Gasteiger partial charge in [-0.2, -0.15) is 0 Å². The van der Waals surface area contributed by atoms with E-state index in [-0.39, 0.29) is 5.97 Å². The standard InChI is InChI=1S/C17H20O4/c1-20-15(18)16-9-14(17(19,11-16)12-16)7-8-21-10-13-5-3-2-4-6-13/h2-7,19H,8-12H2,1H3/b14-7+. The van der Waals surface area contributed by atoms with Crippen LogP contribution in [0.2, 0.25) is 0 Å². The minimum absolute atomic E-state index is 0.208. The number of ether oxygens (including phenoxy) is 2. The fraction of sp³-hybridized carbons (Fsp3) is 0.471. The van der Waals surface area contributed by atoms with Crippen LogP contribution < -0.4 is 0 Å². The van der Waals surface area contributed by atoms with Crippen LogP contribution in [0.4, 0.5) is 0 Å². The maximum atomic E-state index is 11.8. The van der Waals surface area contributed by atoms with Crippen LogP contribution >= 0.6 is 0 Å². The van der Waals surface area contributed by atoms with Gasteiger partial charge in [0.05, 0.1) is 31.3 Å². The maximum absolute atomic E-state index is 11.8. The van der Waals surface area contributed by atoms with Gasteiger partial charge in [0.1, 0.15) is 0 Å². The zero-order chi connectivity index (χ0) is 14.9. The highest BCUT2D eigenvalue weighted by Crippen LogP contribution is 2.64. The van der Waals surface area contributed by atoms with E-state index in [9.17, 15) is 9.90 Å². The number of esters is 1. The fourth-order valence-electron chi connectivity index (χ4n) is 3.55. The molecule has 21 heavy (non-hydrogen) atoms. The summed E-state index contributed by atoms with van der Waals surface area (Å²) in [5.74, 6) is -0.208. The molecule has 0 spiro atoms. The van der Waals surface area contributed by atoms with Gasteiger partial charge in [-0.25, -0.2) is 0 Å². The topological polar surface area (TPSA) is 55.8 Å². The Morgan fingerprint density at radius 2 is 2.05 bits per heavy atom. The Hall–Kier alpha value is -1.65. The molecule has 112 valence electrons. The smallest absolute Gasteiger partial charge is 0.312 e. The zero-order valence-corrected chi connectivity index (χ0v) is 12.2. The summed E-state index contributed by atoms with van der Waals surface area (Å²) in [5, 5.41) is 10.4. The fourth-order valence-corrected chi connectivity index (χ4v) is 3.55. The summed E-state index contributed by atoms with van der Waals surface area (Å²) in [4.78, 5) is 11.8. The van der Waals surface area contributed by atoms with Gasteiger partial charge in [0.15, 0.2) is 0 Å². The van der Waals surface area contributed by atoms with E-state index in [1.165, 1.54) is 7.11 Å². The van der Waals surface area contributed by atoms with Crippen LogP contribution in [-0.2, 0) is 20.9 Å². The summed E-state index contributed by atoms with van der Waals surface area (Å²) in [6.45, 7) is 0.995. The van der Waals surface area contributed by atoms with Crippen LogP contribution in [0, 0.1) is 5.41 Å². The number of hydrogen-bond donors (Lipinski definition) is 1. The Morgan fingerprint density at radius 3 is 2.71 bits per heavy atom. The van der Waals surface area contributed by atoms with E-state index in [1.54, 1.807) is 0 Å². The Bertz CT molecular complexity index is 555. The van der Waals surface area contributed by atoms with Crippen molar-refractivity contribution in [2.24, 2.45) is 5.41 Å². The molecule has 1 N–H and O–H groups in total. The molecular formula is C17H20O4. The van der Waals surface area contributed by atoms with Gasteiger partial charge in [-0.3, -0.25) is 4.79 Å². The number of rotatable bonds is 5. The van der Waals surface area contributed by atoms with E-state index in [0.29, 0.717) is 32.5 Å². The maximum Gasteiger partial charge on any atom is 0.312 e. The lowest BCUT2D eigenvalue weighted by atomic mass is 9.67. The Labute approximate surface area is 124 Å². The zero-order valence-electron chi connectivity index (χ0n) is 12.2. The number of aliphatic hydroxyl groups is 1. The molecule has 4 rings (SSSR count). The Morgan fingerprint density at radius 1 is 1.33 bits per heavy atom. The third kappa shape index (κ3) is 2.49. The highest BCUT2D eigenvalue weighted by Gasteiger charge is 2.67. The van der Waals surface area contributed by atoms with Crippen molar-refractivity contribution in [1.29, 1.82) is 0 Å². The first-order valence-electron chi connectivity index (χ1n) is 7.20. The number of hydrogen-bond acceptors (Lipinski definition) is 4. The molecule has 2 bridgehead atoms. The molecule has 0 amide bonds. The van der Waals surface area contributed by atoms with E-state index >= 15 is 0 Å². The molecule has 0 unspecified atom stereocenters. The molecule has 3 fully saturated rings. The molecule has 1 aromatic carbocycles. The predicted molar refractivity (Wildman–Crippen MR) is 77.4 cm³/mol. The highest BCUT2D eigenvalue weighted by atomic mass is 16.5. The second-order valence-electron chi connectivity index (χ2n) is 6.06. The van der Waals surface area contributed by atoms with Gasteiger partial charge in [0.25, 0.3) is 0 Å². The van der Waals surface area contributed by atoms with Gasteiger partial charge in [-0.1, -0.05) is 36.4 Å². The second-order valence-corrected chi connectivity index (χ2v) is 6.06. The van der Waals surface area contributed by atoms with Crippen molar-refractivity contribution in [3.8, 4) is 0 Å². The van der Waals surface area contributed by atoms with E-state index in [2.05, 4.69) is 0 Å². The van der Waals surface area contributed by atoms with Crippen LogP contribution in [0.25, 0.3) is 0 Å². The van der Waals surface area contributed by atoms with Crippen molar-refractivity contribution in [3.05, 3.63) is 47.5 Å². The molecule has 3 saturated carbocycles. The summed E-state index contributed by atoms with van der Waals surface area (Å²) < 4.78 is 10.5. The van der Waals surface area contributed by atoms with Crippen LogP contribution in [-0.4, -0.2) is 30.4 Å². The van der Waals surface area contributed by atoms with Gasteiger partial charge in [-0.05, 0) is 30.4 Å². The summed E-state index contributed by atoms with van der Waals surface area (Å²) in [6, 6.07) is 9.95.